The Hall–Kier alpha value is -3.15. The Morgan fingerprint density at radius 2 is 2.09 bits per heavy atom. The van der Waals surface area contributed by atoms with Gasteiger partial charge in [-0.15, -0.1) is 0 Å². The van der Waals surface area contributed by atoms with Gasteiger partial charge >= 0.3 is 0 Å². The molecular weight excluding hydrogens is 282 g/mol. The minimum Gasteiger partial charge on any atom is -0.464 e. The molecule has 3 heterocycles. The number of nitrogens with one attached hydrogen (secondary N) is 1. The molecule has 0 aliphatic carbocycles. The lowest BCUT2D eigenvalue weighted by Gasteiger charge is -2.04. The summed E-state index contributed by atoms with van der Waals surface area (Å²) in [7, 11) is 0. The highest BCUT2D eigenvalue weighted by atomic mass is 16.5. The standard InChI is InChI=1S/C16H11N3O3/c20-15-12-5-6-17-7-13(12)18-16(19-15)22-9-10-8-21-14-4-2-1-3-11(10)14/h1-8H,9H2,(H,18,19,20). The van der Waals surface area contributed by atoms with Gasteiger partial charge < -0.3 is 9.15 Å². The van der Waals surface area contributed by atoms with Crippen LogP contribution in [0, 0.1) is 0 Å². The first-order valence-electron chi connectivity index (χ1n) is 6.73. The van der Waals surface area contributed by atoms with Crippen molar-refractivity contribution in [3.63, 3.8) is 0 Å². The predicted octanol–water partition coefficient (Wildman–Crippen LogP) is 2.64. The summed E-state index contributed by atoms with van der Waals surface area (Å²) in [6.45, 7) is 0.256. The molecule has 3 aromatic heterocycles. The summed E-state index contributed by atoms with van der Waals surface area (Å²) in [5.41, 5.74) is 1.94. The topological polar surface area (TPSA) is 81.0 Å². The maximum absolute atomic E-state index is 12.0. The first-order chi connectivity index (χ1) is 10.8. The van der Waals surface area contributed by atoms with Gasteiger partial charge in [-0.1, -0.05) is 18.2 Å². The molecule has 0 bridgehead atoms. The molecule has 4 aromatic rings. The fourth-order valence-corrected chi connectivity index (χ4v) is 2.33. The molecule has 4 rings (SSSR count). The Morgan fingerprint density at radius 1 is 1.18 bits per heavy atom. The highest BCUT2D eigenvalue weighted by Crippen LogP contribution is 2.21. The smallest absolute Gasteiger partial charge is 0.297 e. The van der Waals surface area contributed by atoms with Gasteiger partial charge in [0.25, 0.3) is 11.6 Å². The van der Waals surface area contributed by atoms with Gasteiger partial charge in [-0.25, -0.2) is 0 Å². The quantitative estimate of drug-likeness (QED) is 0.628. The van der Waals surface area contributed by atoms with Crippen LogP contribution in [-0.2, 0) is 6.61 Å². The molecule has 0 radical (unpaired) electrons. The molecule has 0 aliphatic rings. The molecule has 1 N–H and O–H groups in total. The summed E-state index contributed by atoms with van der Waals surface area (Å²) in [4.78, 5) is 22.8. The summed E-state index contributed by atoms with van der Waals surface area (Å²) in [6.07, 6.45) is 4.73. The normalized spacial score (nSPS) is 11.1. The second-order valence-electron chi connectivity index (χ2n) is 4.81. The molecule has 0 unspecified atom stereocenters. The average molecular weight is 293 g/mol. The van der Waals surface area contributed by atoms with Crippen LogP contribution in [0.1, 0.15) is 5.56 Å². The molecule has 22 heavy (non-hydrogen) atoms. The molecule has 0 spiro atoms. The maximum Gasteiger partial charge on any atom is 0.297 e. The lowest BCUT2D eigenvalue weighted by atomic mass is 10.2. The Kier molecular flexibility index (Phi) is 2.86. The molecule has 6 heteroatoms. The van der Waals surface area contributed by atoms with Gasteiger partial charge in [-0.2, -0.15) is 4.98 Å². The third-order valence-electron chi connectivity index (χ3n) is 3.41. The molecule has 1 aromatic carbocycles. The van der Waals surface area contributed by atoms with Gasteiger partial charge in [0.05, 0.1) is 23.4 Å². The van der Waals surface area contributed by atoms with Gasteiger partial charge in [-0.05, 0) is 12.1 Å². The van der Waals surface area contributed by atoms with E-state index in [4.69, 9.17) is 9.15 Å². The Labute approximate surface area is 124 Å². The lowest BCUT2D eigenvalue weighted by molar-refractivity contribution is 0.281. The number of furan rings is 1. The highest BCUT2D eigenvalue weighted by molar-refractivity contribution is 5.80. The molecule has 0 saturated heterocycles. The Bertz CT molecular complexity index is 1020. The van der Waals surface area contributed by atoms with E-state index in [1.165, 1.54) is 6.20 Å². The summed E-state index contributed by atoms with van der Waals surface area (Å²) < 4.78 is 11.0. The average Bonchev–Trinajstić information content (AvgIpc) is 2.96. The second kappa shape index (κ2) is 5.00. The molecule has 0 atom stereocenters. The highest BCUT2D eigenvalue weighted by Gasteiger charge is 2.08. The third-order valence-corrected chi connectivity index (χ3v) is 3.41. The fourth-order valence-electron chi connectivity index (χ4n) is 2.33. The number of rotatable bonds is 3. The number of aromatic nitrogens is 3. The number of hydrogen-bond donors (Lipinski definition) is 1. The van der Waals surface area contributed by atoms with Gasteiger partial charge in [0.2, 0.25) is 0 Å². The van der Waals surface area contributed by atoms with E-state index in [1.807, 2.05) is 24.3 Å². The van der Waals surface area contributed by atoms with E-state index in [-0.39, 0.29) is 18.2 Å². The Morgan fingerprint density at radius 3 is 3.05 bits per heavy atom. The monoisotopic (exact) mass is 293 g/mol. The molecule has 0 amide bonds. The van der Waals surface area contributed by atoms with Gasteiger partial charge in [0.1, 0.15) is 12.2 Å². The number of hydrogen-bond acceptors (Lipinski definition) is 5. The van der Waals surface area contributed by atoms with Gasteiger partial charge in [0, 0.05) is 17.1 Å². The van der Waals surface area contributed by atoms with Crippen molar-refractivity contribution in [2.75, 3.05) is 0 Å². The first-order valence-corrected chi connectivity index (χ1v) is 6.73. The van der Waals surface area contributed by atoms with Crippen molar-refractivity contribution in [1.82, 2.24) is 15.0 Å². The largest absolute Gasteiger partial charge is 0.464 e. The molecular formula is C16H11N3O3. The number of aromatic amines is 1. The van der Waals surface area contributed by atoms with Crippen molar-refractivity contribution in [1.29, 1.82) is 0 Å². The van der Waals surface area contributed by atoms with Crippen molar-refractivity contribution in [2.24, 2.45) is 0 Å². The minimum atomic E-state index is -0.251. The fraction of sp³-hybridized carbons (Fsp3) is 0.0625. The van der Waals surface area contributed by atoms with Crippen molar-refractivity contribution < 1.29 is 9.15 Å². The Balaban J connectivity index is 1.65. The van der Waals surface area contributed by atoms with Crippen molar-refractivity contribution >= 4 is 21.9 Å². The van der Waals surface area contributed by atoms with Crippen LogP contribution in [-0.4, -0.2) is 15.0 Å². The van der Waals surface area contributed by atoms with E-state index < -0.39 is 0 Å². The summed E-state index contributed by atoms with van der Waals surface area (Å²) in [5.74, 6) is 0. The summed E-state index contributed by atoms with van der Waals surface area (Å²) in [6, 6.07) is 9.47. The third kappa shape index (κ3) is 2.10. The zero-order valence-electron chi connectivity index (χ0n) is 11.4. The van der Waals surface area contributed by atoms with Crippen LogP contribution < -0.4 is 10.3 Å². The van der Waals surface area contributed by atoms with Crippen LogP contribution >= 0.6 is 0 Å². The molecule has 108 valence electrons. The van der Waals surface area contributed by atoms with Crippen LogP contribution in [0.2, 0.25) is 0 Å². The number of H-pyrrole nitrogens is 1. The minimum absolute atomic E-state index is 0.163. The number of nitrogens with zero attached hydrogens (tertiary/aromatic N) is 2. The van der Waals surface area contributed by atoms with E-state index >= 15 is 0 Å². The van der Waals surface area contributed by atoms with Crippen molar-refractivity contribution in [3.05, 3.63) is 64.9 Å². The summed E-state index contributed by atoms with van der Waals surface area (Å²) in [5, 5.41) is 1.46. The van der Waals surface area contributed by atoms with Crippen LogP contribution in [0.5, 0.6) is 6.01 Å². The second-order valence-corrected chi connectivity index (χ2v) is 4.81. The van der Waals surface area contributed by atoms with E-state index in [9.17, 15) is 4.79 Å². The van der Waals surface area contributed by atoms with E-state index in [2.05, 4.69) is 15.0 Å². The van der Waals surface area contributed by atoms with Gasteiger partial charge in [0.15, 0.2) is 0 Å². The van der Waals surface area contributed by atoms with E-state index in [1.54, 1.807) is 18.5 Å². The number of para-hydroxylation sites is 1. The first kappa shape index (κ1) is 12.6. The van der Waals surface area contributed by atoms with Crippen LogP contribution in [0.15, 0.2) is 58.2 Å². The molecule has 6 nitrogen and oxygen atoms in total. The van der Waals surface area contributed by atoms with Gasteiger partial charge in [-0.3, -0.25) is 14.8 Å². The van der Waals surface area contributed by atoms with Crippen LogP contribution in [0.3, 0.4) is 0 Å². The SMILES string of the molecule is O=c1[nH]c(OCc2coc3ccccc23)nc2cnccc12. The number of fused-ring (bicyclic) bond motifs is 2. The number of benzene rings is 1. The number of pyridine rings is 1. The lowest BCUT2D eigenvalue weighted by Crippen LogP contribution is -2.11. The van der Waals surface area contributed by atoms with Crippen molar-refractivity contribution in [3.8, 4) is 6.01 Å². The number of ether oxygens (including phenoxy) is 1. The maximum atomic E-state index is 12.0. The van der Waals surface area contributed by atoms with E-state index in [0.29, 0.717) is 10.9 Å². The molecule has 0 fully saturated rings. The molecule has 0 aliphatic heterocycles. The van der Waals surface area contributed by atoms with Crippen LogP contribution in [0.25, 0.3) is 21.9 Å². The van der Waals surface area contributed by atoms with E-state index in [0.717, 1.165) is 16.5 Å². The summed E-state index contributed by atoms with van der Waals surface area (Å²) >= 11 is 0. The zero-order chi connectivity index (χ0) is 14.9. The van der Waals surface area contributed by atoms with Crippen molar-refractivity contribution in [2.45, 2.75) is 6.61 Å². The molecule has 0 saturated carbocycles. The van der Waals surface area contributed by atoms with Crippen LogP contribution in [0.4, 0.5) is 0 Å². The zero-order valence-corrected chi connectivity index (χ0v) is 11.4. The predicted molar refractivity (Wildman–Crippen MR) is 80.7 cm³/mol.